The van der Waals surface area contributed by atoms with Gasteiger partial charge in [-0.25, -0.2) is 0 Å². The molecule has 1 heterocycles. The molecule has 0 aromatic carbocycles. The molecular formula is C13H25NO6. The van der Waals surface area contributed by atoms with E-state index in [2.05, 4.69) is 0 Å². The van der Waals surface area contributed by atoms with Crippen molar-refractivity contribution in [3.8, 4) is 0 Å². The Labute approximate surface area is 118 Å². The van der Waals surface area contributed by atoms with Crippen LogP contribution in [0.15, 0.2) is 0 Å². The van der Waals surface area contributed by atoms with Crippen molar-refractivity contribution in [1.29, 1.82) is 0 Å². The molecule has 7 nitrogen and oxygen atoms in total. The molecule has 1 rings (SSSR count). The number of esters is 1. The zero-order valence-electron chi connectivity index (χ0n) is 12.2. The molecule has 4 N–H and O–H groups in total. The zero-order chi connectivity index (χ0) is 15.5. The number of carbonyl (C=O) groups excluding carboxylic acids is 1. The minimum Gasteiger partial charge on any atom is -0.460 e. The number of aliphatic hydroxyl groups excluding tert-OH is 4. The maximum Gasteiger partial charge on any atom is 0.315 e. The molecule has 4 atom stereocenters. The van der Waals surface area contributed by atoms with Crippen LogP contribution in [0.2, 0.25) is 0 Å². The lowest BCUT2D eigenvalue weighted by molar-refractivity contribution is -0.174. The molecule has 0 aromatic rings. The largest absolute Gasteiger partial charge is 0.460 e. The lowest BCUT2D eigenvalue weighted by Crippen LogP contribution is -2.51. The Morgan fingerprint density at radius 1 is 1.40 bits per heavy atom. The van der Waals surface area contributed by atoms with Crippen LogP contribution in [-0.2, 0) is 9.53 Å². The summed E-state index contributed by atoms with van der Waals surface area (Å²) >= 11 is 0. The van der Waals surface area contributed by atoms with Gasteiger partial charge >= 0.3 is 5.97 Å². The summed E-state index contributed by atoms with van der Waals surface area (Å²) in [6.07, 6.45) is -1.66. The van der Waals surface area contributed by atoms with Gasteiger partial charge in [0.15, 0.2) is 0 Å². The zero-order valence-corrected chi connectivity index (χ0v) is 12.2. The summed E-state index contributed by atoms with van der Waals surface area (Å²) in [6, 6.07) is -0.638. The van der Waals surface area contributed by atoms with Crippen molar-refractivity contribution in [3.63, 3.8) is 0 Å². The van der Waals surface area contributed by atoms with E-state index in [0.717, 1.165) is 0 Å². The van der Waals surface area contributed by atoms with E-state index < -0.39 is 42.5 Å². The van der Waals surface area contributed by atoms with Crippen LogP contribution in [0.1, 0.15) is 27.2 Å². The first-order valence-electron chi connectivity index (χ1n) is 6.77. The van der Waals surface area contributed by atoms with Gasteiger partial charge in [-0.2, -0.15) is 0 Å². The molecule has 118 valence electrons. The predicted octanol–water partition coefficient (Wildman–Crippen LogP) is -1.32. The van der Waals surface area contributed by atoms with E-state index >= 15 is 0 Å². The standard InChI is InChI=1S/C13H25NO6/c1-13(2,3)20-12(19)8(6-15)11(18)14-5-4-10(17)9(14)7-16/h8-11,15-18H,4-7H2,1-3H3. The molecule has 1 saturated heterocycles. The molecule has 0 saturated carbocycles. The molecule has 0 radical (unpaired) electrons. The molecule has 1 aliphatic heterocycles. The second-order valence-electron chi connectivity index (χ2n) is 6.08. The maximum absolute atomic E-state index is 12.0. The summed E-state index contributed by atoms with van der Waals surface area (Å²) in [7, 11) is 0. The van der Waals surface area contributed by atoms with Crippen LogP contribution >= 0.6 is 0 Å². The number of hydrogen-bond donors (Lipinski definition) is 4. The fourth-order valence-corrected chi connectivity index (χ4v) is 2.31. The SMILES string of the molecule is CC(C)(C)OC(=O)C(CO)C(O)N1CCC(O)C1CO. The Morgan fingerprint density at radius 3 is 2.45 bits per heavy atom. The lowest BCUT2D eigenvalue weighted by atomic mass is 10.1. The van der Waals surface area contributed by atoms with Crippen molar-refractivity contribution in [2.75, 3.05) is 19.8 Å². The molecule has 1 aliphatic rings. The molecule has 0 aromatic heterocycles. The smallest absolute Gasteiger partial charge is 0.315 e. The first kappa shape index (κ1) is 17.3. The van der Waals surface area contributed by atoms with E-state index in [1.807, 2.05) is 0 Å². The topological polar surface area (TPSA) is 110 Å². The van der Waals surface area contributed by atoms with E-state index in [-0.39, 0.29) is 6.61 Å². The number of carbonyl (C=O) groups is 1. The van der Waals surface area contributed by atoms with Crippen LogP contribution < -0.4 is 0 Å². The highest BCUT2D eigenvalue weighted by Crippen LogP contribution is 2.24. The second kappa shape index (κ2) is 6.82. The second-order valence-corrected chi connectivity index (χ2v) is 6.08. The lowest BCUT2D eigenvalue weighted by Gasteiger charge is -2.33. The molecule has 1 fully saturated rings. The van der Waals surface area contributed by atoms with Crippen LogP contribution in [0.5, 0.6) is 0 Å². The molecule has 0 bridgehead atoms. The van der Waals surface area contributed by atoms with Crippen molar-refractivity contribution in [3.05, 3.63) is 0 Å². The molecular weight excluding hydrogens is 266 g/mol. The van der Waals surface area contributed by atoms with E-state index in [0.29, 0.717) is 13.0 Å². The Hall–Kier alpha value is -0.730. The van der Waals surface area contributed by atoms with Gasteiger partial charge in [0.25, 0.3) is 0 Å². The average Bonchev–Trinajstić information content (AvgIpc) is 2.68. The van der Waals surface area contributed by atoms with Crippen molar-refractivity contribution in [2.24, 2.45) is 5.92 Å². The van der Waals surface area contributed by atoms with Gasteiger partial charge in [-0.15, -0.1) is 0 Å². The number of ether oxygens (including phenoxy) is 1. The van der Waals surface area contributed by atoms with Crippen molar-refractivity contribution in [2.45, 2.75) is 51.2 Å². The molecule has 4 unspecified atom stereocenters. The van der Waals surface area contributed by atoms with Gasteiger partial charge in [-0.1, -0.05) is 0 Å². The number of rotatable bonds is 5. The molecule has 20 heavy (non-hydrogen) atoms. The third-order valence-corrected chi connectivity index (χ3v) is 3.35. The normalized spacial score (nSPS) is 27.4. The molecule has 0 amide bonds. The Balaban J connectivity index is 2.76. The number of hydrogen-bond acceptors (Lipinski definition) is 7. The third kappa shape index (κ3) is 4.13. The maximum atomic E-state index is 12.0. The van der Waals surface area contributed by atoms with E-state index in [1.165, 1.54) is 4.90 Å². The summed E-state index contributed by atoms with van der Waals surface area (Å²) < 4.78 is 5.16. The summed E-state index contributed by atoms with van der Waals surface area (Å²) in [5.74, 6) is -1.83. The van der Waals surface area contributed by atoms with Gasteiger partial charge < -0.3 is 25.2 Å². The van der Waals surface area contributed by atoms with Crippen LogP contribution in [0.3, 0.4) is 0 Å². The van der Waals surface area contributed by atoms with Gasteiger partial charge in [0.05, 0.1) is 25.4 Å². The fraction of sp³-hybridized carbons (Fsp3) is 0.923. The van der Waals surface area contributed by atoms with Crippen LogP contribution in [-0.4, -0.2) is 75.0 Å². The van der Waals surface area contributed by atoms with Crippen LogP contribution in [0.4, 0.5) is 0 Å². The van der Waals surface area contributed by atoms with Gasteiger partial charge in [0.2, 0.25) is 0 Å². The number of nitrogens with zero attached hydrogens (tertiary/aromatic N) is 1. The minimum atomic E-state index is -1.30. The first-order valence-corrected chi connectivity index (χ1v) is 6.77. The van der Waals surface area contributed by atoms with Gasteiger partial charge in [-0.05, 0) is 27.2 Å². The predicted molar refractivity (Wildman–Crippen MR) is 70.6 cm³/mol. The summed E-state index contributed by atoms with van der Waals surface area (Å²) in [4.78, 5) is 13.4. The minimum absolute atomic E-state index is 0.329. The van der Waals surface area contributed by atoms with Crippen molar-refractivity contribution >= 4 is 5.97 Å². The first-order chi connectivity index (χ1) is 9.21. The Kier molecular flexibility index (Phi) is 5.91. The average molecular weight is 291 g/mol. The molecule has 7 heteroatoms. The summed E-state index contributed by atoms with van der Waals surface area (Å²) in [6.45, 7) is 4.53. The quantitative estimate of drug-likeness (QED) is 0.465. The van der Waals surface area contributed by atoms with E-state index in [1.54, 1.807) is 20.8 Å². The Bertz CT molecular complexity index is 329. The summed E-state index contributed by atoms with van der Waals surface area (Å²) in [5.41, 5.74) is -0.717. The fourth-order valence-electron chi connectivity index (χ4n) is 2.31. The molecule has 0 aliphatic carbocycles. The highest BCUT2D eigenvalue weighted by molar-refractivity contribution is 5.73. The number of likely N-dealkylation sites (tertiary alicyclic amines) is 1. The highest BCUT2D eigenvalue weighted by atomic mass is 16.6. The number of aliphatic hydroxyl groups is 4. The monoisotopic (exact) mass is 291 g/mol. The van der Waals surface area contributed by atoms with Crippen molar-refractivity contribution in [1.82, 2.24) is 4.90 Å². The van der Waals surface area contributed by atoms with Gasteiger partial charge in [-0.3, -0.25) is 9.69 Å². The van der Waals surface area contributed by atoms with Crippen molar-refractivity contribution < 1.29 is 30.0 Å². The van der Waals surface area contributed by atoms with Crippen LogP contribution in [0.25, 0.3) is 0 Å². The van der Waals surface area contributed by atoms with Crippen LogP contribution in [0, 0.1) is 5.92 Å². The highest BCUT2D eigenvalue weighted by Gasteiger charge is 2.42. The molecule has 0 spiro atoms. The van der Waals surface area contributed by atoms with Gasteiger partial charge in [0, 0.05) is 6.54 Å². The third-order valence-electron chi connectivity index (χ3n) is 3.35. The Morgan fingerprint density at radius 2 is 2.00 bits per heavy atom. The summed E-state index contributed by atoms with van der Waals surface area (Å²) in [5, 5.41) is 38.5. The van der Waals surface area contributed by atoms with E-state index in [4.69, 9.17) is 4.74 Å². The van der Waals surface area contributed by atoms with E-state index in [9.17, 15) is 25.2 Å². The van der Waals surface area contributed by atoms with Gasteiger partial charge in [0.1, 0.15) is 17.7 Å².